The molecule has 7 heteroatoms. The number of hydrogen-bond donors (Lipinski definition) is 1. The van der Waals surface area contributed by atoms with E-state index in [-0.39, 0.29) is 6.42 Å². The van der Waals surface area contributed by atoms with Crippen molar-refractivity contribution >= 4 is 11.3 Å². The van der Waals surface area contributed by atoms with Gasteiger partial charge in [-0.1, -0.05) is 23.5 Å². The van der Waals surface area contributed by atoms with Gasteiger partial charge in [0.2, 0.25) is 0 Å². The molecule has 1 N–H and O–H groups in total. The number of ether oxygens (including phenoxy) is 1. The van der Waals surface area contributed by atoms with Gasteiger partial charge in [-0.15, -0.1) is 10.2 Å². The summed E-state index contributed by atoms with van der Waals surface area (Å²) in [7, 11) is 1.64. The van der Waals surface area contributed by atoms with Crippen molar-refractivity contribution in [1.82, 2.24) is 15.5 Å². The molecule has 0 atom stereocenters. The maximum absolute atomic E-state index is 13.5. The van der Waals surface area contributed by atoms with Crippen LogP contribution >= 0.6 is 11.3 Å². The van der Waals surface area contributed by atoms with Crippen molar-refractivity contribution in [3.63, 3.8) is 0 Å². The van der Waals surface area contributed by atoms with Crippen molar-refractivity contribution in [3.8, 4) is 0 Å². The van der Waals surface area contributed by atoms with Gasteiger partial charge in [0.25, 0.3) is 0 Å². The van der Waals surface area contributed by atoms with Crippen LogP contribution in [0.15, 0.2) is 18.2 Å². The summed E-state index contributed by atoms with van der Waals surface area (Å²) in [6.45, 7) is 1.94. The first-order valence-corrected chi connectivity index (χ1v) is 6.96. The van der Waals surface area contributed by atoms with E-state index in [2.05, 4.69) is 15.5 Å². The Balaban J connectivity index is 1.94. The average molecular weight is 299 g/mol. The van der Waals surface area contributed by atoms with E-state index >= 15 is 0 Å². The van der Waals surface area contributed by atoms with Crippen LogP contribution in [-0.2, 0) is 17.7 Å². The Bertz CT molecular complexity index is 562. The highest BCUT2D eigenvalue weighted by Gasteiger charge is 2.11. The Labute approximate surface area is 119 Å². The SMILES string of the molecule is COCCNCc1nnc(Cc2cccc(F)c2F)s1. The monoisotopic (exact) mass is 299 g/mol. The van der Waals surface area contributed by atoms with E-state index in [1.807, 2.05) is 0 Å². The Kier molecular flexibility index (Phi) is 5.51. The van der Waals surface area contributed by atoms with Crippen molar-refractivity contribution in [2.24, 2.45) is 0 Å². The fraction of sp³-hybridized carbons (Fsp3) is 0.385. The van der Waals surface area contributed by atoms with Crippen LogP contribution in [0.1, 0.15) is 15.6 Å². The molecule has 20 heavy (non-hydrogen) atoms. The molecule has 108 valence electrons. The minimum atomic E-state index is -0.839. The standard InChI is InChI=1S/C13H15F2N3OS/c1-19-6-5-16-8-12-18-17-11(20-12)7-9-3-2-4-10(14)13(9)15/h2-4,16H,5-8H2,1H3. The van der Waals surface area contributed by atoms with Crippen LogP contribution in [0.4, 0.5) is 8.78 Å². The summed E-state index contributed by atoms with van der Waals surface area (Å²) in [5.41, 5.74) is 0.292. The molecule has 4 nitrogen and oxygen atoms in total. The maximum Gasteiger partial charge on any atom is 0.162 e. The number of nitrogens with one attached hydrogen (secondary N) is 1. The van der Waals surface area contributed by atoms with Crippen molar-refractivity contribution in [1.29, 1.82) is 0 Å². The molecule has 2 aromatic rings. The van der Waals surface area contributed by atoms with Crippen LogP contribution in [0.3, 0.4) is 0 Å². The van der Waals surface area contributed by atoms with Gasteiger partial charge in [-0.3, -0.25) is 0 Å². The maximum atomic E-state index is 13.5. The molecule has 0 amide bonds. The Morgan fingerprint density at radius 2 is 2.05 bits per heavy atom. The number of benzene rings is 1. The van der Waals surface area contributed by atoms with Gasteiger partial charge in [0.1, 0.15) is 10.0 Å². The summed E-state index contributed by atoms with van der Waals surface area (Å²) in [5.74, 6) is -1.66. The second-order valence-electron chi connectivity index (χ2n) is 4.15. The second-order valence-corrected chi connectivity index (χ2v) is 5.30. The highest BCUT2D eigenvalue weighted by molar-refractivity contribution is 7.11. The molecule has 0 aliphatic heterocycles. The lowest BCUT2D eigenvalue weighted by Crippen LogP contribution is -2.18. The van der Waals surface area contributed by atoms with E-state index in [0.717, 1.165) is 17.6 Å². The van der Waals surface area contributed by atoms with Gasteiger partial charge in [-0.2, -0.15) is 0 Å². The molecule has 0 spiro atoms. The minimum Gasteiger partial charge on any atom is -0.383 e. The highest BCUT2D eigenvalue weighted by atomic mass is 32.1. The molecule has 0 unspecified atom stereocenters. The highest BCUT2D eigenvalue weighted by Crippen LogP contribution is 2.18. The second kappa shape index (κ2) is 7.37. The lowest BCUT2D eigenvalue weighted by molar-refractivity contribution is 0.199. The zero-order valence-corrected chi connectivity index (χ0v) is 11.8. The summed E-state index contributed by atoms with van der Waals surface area (Å²) >= 11 is 1.39. The molecule has 0 aliphatic rings. The van der Waals surface area contributed by atoms with Gasteiger partial charge in [0.15, 0.2) is 11.6 Å². The van der Waals surface area contributed by atoms with E-state index in [1.165, 1.54) is 17.4 Å². The van der Waals surface area contributed by atoms with Crippen molar-refractivity contribution in [3.05, 3.63) is 45.4 Å². The van der Waals surface area contributed by atoms with Gasteiger partial charge in [-0.05, 0) is 11.6 Å². The predicted molar refractivity (Wildman–Crippen MR) is 72.7 cm³/mol. The van der Waals surface area contributed by atoms with Gasteiger partial charge in [-0.25, -0.2) is 8.78 Å². The summed E-state index contributed by atoms with van der Waals surface area (Å²) in [5, 5.41) is 12.6. The molecule has 1 aromatic heterocycles. The first kappa shape index (κ1) is 15.0. The van der Waals surface area contributed by atoms with E-state index in [1.54, 1.807) is 13.2 Å². The zero-order chi connectivity index (χ0) is 14.4. The van der Waals surface area contributed by atoms with Crippen LogP contribution in [0.25, 0.3) is 0 Å². The van der Waals surface area contributed by atoms with Crippen LogP contribution in [0, 0.1) is 11.6 Å². The Morgan fingerprint density at radius 3 is 2.85 bits per heavy atom. The number of methoxy groups -OCH3 is 1. The quantitative estimate of drug-likeness (QED) is 0.796. The zero-order valence-electron chi connectivity index (χ0n) is 11.0. The van der Waals surface area contributed by atoms with E-state index in [0.29, 0.717) is 23.7 Å². The third-order valence-corrected chi connectivity index (χ3v) is 3.56. The van der Waals surface area contributed by atoms with E-state index < -0.39 is 11.6 Å². The van der Waals surface area contributed by atoms with Crippen molar-refractivity contribution in [2.45, 2.75) is 13.0 Å². The lowest BCUT2D eigenvalue weighted by Gasteiger charge is -2.00. The molecule has 0 fully saturated rings. The number of aromatic nitrogens is 2. The van der Waals surface area contributed by atoms with Crippen LogP contribution in [-0.4, -0.2) is 30.5 Å². The number of nitrogens with zero attached hydrogens (tertiary/aromatic N) is 2. The first-order chi connectivity index (χ1) is 9.70. The van der Waals surface area contributed by atoms with Gasteiger partial charge in [0.05, 0.1) is 6.61 Å². The van der Waals surface area contributed by atoms with Crippen molar-refractivity contribution in [2.75, 3.05) is 20.3 Å². The molecular weight excluding hydrogens is 284 g/mol. The summed E-state index contributed by atoms with van der Waals surface area (Å²) in [6, 6.07) is 4.14. The molecule has 0 saturated carbocycles. The van der Waals surface area contributed by atoms with Gasteiger partial charge in [0, 0.05) is 26.6 Å². The normalized spacial score (nSPS) is 10.9. The molecule has 2 rings (SSSR count). The molecule has 0 aliphatic carbocycles. The fourth-order valence-electron chi connectivity index (χ4n) is 1.65. The van der Waals surface area contributed by atoms with E-state index in [4.69, 9.17) is 4.74 Å². The topological polar surface area (TPSA) is 47.0 Å². The molecule has 0 bridgehead atoms. The summed E-state index contributed by atoms with van der Waals surface area (Å²) < 4.78 is 31.5. The third kappa shape index (κ3) is 4.03. The predicted octanol–water partition coefficient (Wildman–Crippen LogP) is 2.14. The number of hydrogen-bond acceptors (Lipinski definition) is 5. The lowest BCUT2D eigenvalue weighted by atomic mass is 10.1. The third-order valence-electron chi connectivity index (χ3n) is 2.64. The smallest absolute Gasteiger partial charge is 0.162 e. The van der Waals surface area contributed by atoms with Crippen LogP contribution < -0.4 is 5.32 Å². The van der Waals surface area contributed by atoms with E-state index in [9.17, 15) is 8.78 Å². The summed E-state index contributed by atoms with van der Waals surface area (Å²) in [6.07, 6.45) is 0.249. The minimum absolute atomic E-state index is 0.249. The molecule has 0 radical (unpaired) electrons. The molecular formula is C13H15F2N3OS. The van der Waals surface area contributed by atoms with Crippen molar-refractivity contribution < 1.29 is 13.5 Å². The molecule has 1 heterocycles. The summed E-state index contributed by atoms with van der Waals surface area (Å²) in [4.78, 5) is 0. The van der Waals surface area contributed by atoms with Gasteiger partial charge >= 0.3 is 0 Å². The molecule has 1 aromatic carbocycles. The van der Waals surface area contributed by atoms with Gasteiger partial charge < -0.3 is 10.1 Å². The first-order valence-electron chi connectivity index (χ1n) is 6.14. The number of halogens is 2. The average Bonchev–Trinajstić information content (AvgIpc) is 2.88. The number of rotatable bonds is 7. The Hall–Kier alpha value is -1.44. The Morgan fingerprint density at radius 1 is 1.25 bits per heavy atom. The fourth-order valence-corrected chi connectivity index (χ4v) is 2.49. The van der Waals surface area contributed by atoms with Crippen LogP contribution in [0.2, 0.25) is 0 Å². The molecule has 0 saturated heterocycles. The largest absolute Gasteiger partial charge is 0.383 e. The van der Waals surface area contributed by atoms with Crippen LogP contribution in [0.5, 0.6) is 0 Å².